The van der Waals surface area contributed by atoms with E-state index in [-0.39, 0.29) is 5.56 Å². The number of carbonyl (C=O) groups is 1. The lowest BCUT2D eigenvalue weighted by atomic mass is 10.0. The predicted molar refractivity (Wildman–Crippen MR) is 101 cm³/mol. The highest BCUT2D eigenvalue weighted by Gasteiger charge is 2.24. The van der Waals surface area contributed by atoms with Gasteiger partial charge in [-0.25, -0.2) is 4.39 Å². The molecule has 1 N–H and O–H groups in total. The largest absolute Gasteiger partial charge is 0.497 e. The number of benzene rings is 2. The third kappa shape index (κ3) is 3.42. The van der Waals surface area contributed by atoms with Crippen molar-refractivity contribution in [3.8, 4) is 5.75 Å². The van der Waals surface area contributed by atoms with Crippen LogP contribution in [-0.2, 0) is 0 Å². The third-order valence-electron chi connectivity index (χ3n) is 4.40. The van der Waals surface area contributed by atoms with Crippen LogP contribution in [0.25, 0.3) is 10.9 Å². The molecule has 1 unspecified atom stereocenters. The van der Waals surface area contributed by atoms with Crippen LogP contribution in [0.4, 0.5) is 4.39 Å². The molecule has 2 heterocycles. The highest BCUT2D eigenvalue weighted by Crippen LogP contribution is 2.27. The quantitative estimate of drug-likeness (QED) is 0.571. The summed E-state index contributed by atoms with van der Waals surface area (Å²) >= 11 is 0. The van der Waals surface area contributed by atoms with Gasteiger partial charge in [0.2, 0.25) is 0 Å². The summed E-state index contributed by atoms with van der Waals surface area (Å²) < 4.78 is 24.6. The van der Waals surface area contributed by atoms with Crippen molar-refractivity contribution in [3.63, 3.8) is 0 Å². The van der Waals surface area contributed by atoms with Gasteiger partial charge in [0.25, 0.3) is 5.91 Å². The Morgan fingerprint density at radius 3 is 2.79 bits per heavy atom. The van der Waals surface area contributed by atoms with Crippen molar-refractivity contribution >= 4 is 16.8 Å². The number of para-hydroxylation sites is 1. The molecule has 0 saturated carbocycles. The van der Waals surface area contributed by atoms with Gasteiger partial charge in [0, 0.05) is 29.3 Å². The Bertz CT molecular complexity index is 1130. The van der Waals surface area contributed by atoms with E-state index in [1.807, 2.05) is 24.3 Å². The van der Waals surface area contributed by atoms with Crippen LogP contribution >= 0.6 is 0 Å². The zero-order valence-corrected chi connectivity index (χ0v) is 14.9. The number of methoxy groups -OCH3 is 1. The van der Waals surface area contributed by atoms with Crippen molar-refractivity contribution in [1.82, 2.24) is 15.5 Å². The second-order valence-corrected chi connectivity index (χ2v) is 6.13. The SMILES string of the molecule is COc1ccc(C(NC(=O)c2cnc3ccccc3c2)c2ccon2)c(F)c1. The van der Waals surface area contributed by atoms with E-state index in [0.29, 0.717) is 17.0 Å². The lowest BCUT2D eigenvalue weighted by molar-refractivity contribution is 0.0941. The molecule has 0 radical (unpaired) electrons. The molecule has 4 aromatic rings. The minimum Gasteiger partial charge on any atom is -0.497 e. The normalized spacial score (nSPS) is 11.9. The lowest BCUT2D eigenvalue weighted by Crippen LogP contribution is -2.30. The number of fused-ring (bicyclic) bond motifs is 1. The predicted octanol–water partition coefficient (Wildman–Crippen LogP) is 3.89. The van der Waals surface area contributed by atoms with E-state index in [1.54, 1.807) is 24.3 Å². The Morgan fingerprint density at radius 1 is 1.18 bits per heavy atom. The highest BCUT2D eigenvalue weighted by atomic mass is 19.1. The molecule has 140 valence electrons. The number of halogens is 1. The number of pyridine rings is 1. The average molecular weight is 377 g/mol. The van der Waals surface area contributed by atoms with E-state index in [2.05, 4.69) is 15.5 Å². The van der Waals surface area contributed by atoms with Crippen LogP contribution in [0.5, 0.6) is 5.75 Å². The molecule has 0 aliphatic carbocycles. The maximum atomic E-state index is 14.6. The Balaban J connectivity index is 1.68. The van der Waals surface area contributed by atoms with Crippen LogP contribution in [-0.4, -0.2) is 23.2 Å². The smallest absolute Gasteiger partial charge is 0.253 e. The van der Waals surface area contributed by atoms with Crippen molar-refractivity contribution in [3.05, 3.63) is 89.7 Å². The van der Waals surface area contributed by atoms with Gasteiger partial charge in [0.1, 0.15) is 29.6 Å². The van der Waals surface area contributed by atoms with Gasteiger partial charge in [0.15, 0.2) is 0 Å². The summed E-state index contributed by atoms with van der Waals surface area (Å²) in [5.41, 5.74) is 1.78. The first-order valence-electron chi connectivity index (χ1n) is 8.55. The lowest BCUT2D eigenvalue weighted by Gasteiger charge is -2.18. The standard InChI is InChI=1S/C21H16FN3O3/c1-27-15-6-7-16(17(22)11-15)20(19-8-9-28-25-19)24-21(26)14-10-13-4-2-3-5-18(13)23-12-14/h2-12,20H,1H3,(H,24,26). The van der Waals surface area contributed by atoms with E-state index in [0.717, 1.165) is 10.9 Å². The number of ether oxygens (including phenoxy) is 1. The Hall–Kier alpha value is -3.74. The maximum absolute atomic E-state index is 14.6. The number of hydrogen-bond acceptors (Lipinski definition) is 5. The summed E-state index contributed by atoms with van der Waals surface area (Å²) in [4.78, 5) is 17.1. The Labute approximate surface area is 159 Å². The van der Waals surface area contributed by atoms with Crippen LogP contribution in [0.3, 0.4) is 0 Å². The zero-order chi connectivity index (χ0) is 19.5. The Morgan fingerprint density at radius 2 is 2.04 bits per heavy atom. The number of nitrogens with zero attached hydrogens (tertiary/aromatic N) is 2. The first kappa shape index (κ1) is 17.7. The summed E-state index contributed by atoms with van der Waals surface area (Å²) in [5, 5.41) is 7.52. The molecule has 0 saturated heterocycles. The van der Waals surface area contributed by atoms with Gasteiger partial charge in [0.05, 0.1) is 18.2 Å². The van der Waals surface area contributed by atoms with Crippen molar-refractivity contribution in [2.45, 2.75) is 6.04 Å². The topological polar surface area (TPSA) is 77.2 Å². The van der Waals surface area contributed by atoms with Gasteiger partial charge in [-0.1, -0.05) is 23.4 Å². The number of carbonyl (C=O) groups excluding carboxylic acids is 1. The maximum Gasteiger partial charge on any atom is 0.253 e. The zero-order valence-electron chi connectivity index (χ0n) is 14.9. The van der Waals surface area contributed by atoms with E-state index >= 15 is 0 Å². The van der Waals surface area contributed by atoms with Crippen LogP contribution in [0.1, 0.15) is 27.7 Å². The fraction of sp³-hybridized carbons (Fsp3) is 0.0952. The molecule has 7 heteroatoms. The summed E-state index contributed by atoms with van der Waals surface area (Å²) in [5.74, 6) is -0.545. The summed E-state index contributed by atoms with van der Waals surface area (Å²) in [6.45, 7) is 0. The molecular weight excluding hydrogens is 361 g/mol. The van der Waals surface area contributed by atoms with Gasteiger partial charge in [-0.3, -0.25) is 9.78 Å². The fourth-order valence-corrected chi connectivity index (χ4v) is 2.96. The molecule has 4 rings (SSSR count). The fourth-order valence-electron chi connectivity index (χ4n) is 2.96. The summed E-state index contributed by atoms with van der Waals surface area (Å²) in [6.07, 6.45) is 2.86. The number of hydrogen-bond donors (Lipinski definition) is 1. The molecule has 0 fully saturated rings. The minimum atomic E-state index is -0.830. The van der Waals surface area contributed by atoms with Crippen molar-refractivity contribution < 1.29 is 18.4 Å². The van der Waals surface area contributed by atoms with Crippen molar-refractivity contribution in [1.29, 1.82) is 0 Å². The van der Waals surface area contributed by atoms with Gasteiger partial charge in [-0.2, -0.15) is 0 Å². The van der Waals surface area contributed by atoms with E-state index in [4.69, 9.17) is 9.26 Å². The molecule has 1 amide bonds. The van der Waals surface area contributed by atoms with E-state index < -0.39 is 17.8 Å². The number of rotatable bonds is 5. The molecule has 0 spiro atoms. The molecule has 0 aliphatic heterocycles. The van der Waals surface area contributed by atoms with Gasteiger partial charge >= 0.3 is 0 Å². The number of amides is 1. The second kappa shape index (κ2) is 7.48. The molecule has 0 aliphatic rings. The summed E-state index contributed by atoms with van der Waals surface area (Å²) in [6, 6.07) is 14.4. The first-order chi connectivity index (χ1) is 13.7. The van der Waals surface area contributed by atoms with Crippen LogP contribution in [0.2, 0.25) is 0 Å². The molecule has 1 atom stereocenters. The van der Waals surface area contributed by atoms with Gasteiger partial charge < -0.3 is 14.6 Å². The average Bonchev–Trinajstić information content (AvgIpc) is 3.26. The third-order valence-corrected chi connectivity index (χ3v) is 4.40. The Kier molecular flexibility index (Phi) is 4.72. The van der Waals surface area contributed by atoms with Crippen LogP contribution in [0, 0.1) is 5.82 Å². The minimum absolute atomic E-state index is 0.247. The van der Waals surface area contributed by atoms with Gasteiger partial charge in [-0.05, 0) is 24.3 Å². The van der Waals surface area contributed by atoms with Gasteiger partial charge in [-0.15, -0.1) is 0 Å². The molecular formula is C21H16FN3O3. The molecule has 6 nitrogen and oxygen atoms in total. The highest BCUT2D eigenvalue weighted by molar-refractivity contribution is 5.97. The molecule has 28 heavy (non-hydrogen) atoms. The van der Waals surface area contributed by atoms with E-state index in [9.17, 15) is 9.18 Å². The van der Waals surface area contributed by atoms with Crippen LogP contribution in [0.15, 0.2) is 71.6 Å². The molecule has 2 aromatic heterocycles. The van der Waals surface area contributed by atoms with E-state index in [1.165, 1.54) is 25.6 Å². The molecule has 2 aromatic carbocycles. The number of aromatic nitrogens is 2. The number of nitrogens with one attached hydrogen (secondary N) is 1. The summed E-state index contributed by atoms with van der Waals surface area (Å²) in [7, 11) is 1.46. The molecule has 0 bridgehead atoms. The van der Waals surface area contributed by atoms with Crippen molar-refractivity contribution in [2.24, 2.45) is 0 Å². The van der Waals surface area contributed by atoms with Crippen LogP contribution < -0.4 is 10.1 Å². The first-order valence-corrected chi connectivity index (χ1v) is 8.55. The second-order valence-electron chi connectivity index (χ2n) is 6.13. The monoisotopic (exact) mass is 377 g/mol. The van der Waals surface area contributed by atoms with Crippen molar-refractivity contribution in [2.75, 3.05) is 7.11 Å².